The summed E-state index contributed by atoms with van der Waals surface area (Å²) in [7, 11) is 3.31. The highest BCUT2D eigenvalue weighted by molar-refractivity contribution is 8.01. The zero-order valence-corrected chi connectivity index (χ0v) is 18.5. The van der Waals surface area contributed by atoms with Gasteiger partial charge < -0.3 is 19.4 Å². The van der Waals surface area contributed by atoms with Crippen LogP contribution in [0.5, 0.6) is 5.75 Å². The lowest BCUT2D eigenvalue weighted by Crippen LogP contribution is -2.09. The molecule has 9 heteroatoms. The lowest BCUT2D eigenvalue weighted by molar-refractivity contribution is 0.102. The number of Topliss-reactive ketones (excluding diaryl/α,β-unsaturated/α-hetero) is 1. The standard InChI is InChI=1S/C20H24N4O3S2/c1-13-10-17(14(2)24(13)8-9-26-3)18(25)12-28-20-23-22-19(29-20)21-15-6-5-7-16(11-15)27-4/h5-7,10-11H,8-9,12H2,1-4H3,(H,21,22). The van der Waals surface area contributed by atoms with Crippen LogP contribution in [-0.4, -0.2) is 47.1 Å². The molecule has 7 nitrogen and oxygen atoms in total. The molecule has 0 saturated heterocycles. The van der Waals surface area contributed by atoms with E-state index in [9.17, 15) is 4.79 Å². The van der Waals surface area contributed by atoms with Gasteiger partial charge in [0.05, 0.1) is 19.5 Å². The molecule has 0 radical (unpaired) electrons. The number of hydrogen-bond acceptors (Lipinski definition) is 8. The molecule has 154 valence electrons. The molecule has 0 spiro atoms. The van der Waals surface area contributed by atoms with E-state index in [1.807, 2.05) is 44.2 Å². The number of carbonyl (C=O) groups is 1. The van der Waals surface area contributed by atoms with Gasteiger partial charge in [0.15, 0.2) is 10.1 Å². The Bertz CT molecular complexity index is 984. The van der Waals surface area contributed by atoms with Gasteiger partial charge in [-0.2, -0.15) is 0 Å². The maximum absolute atomic E-state index is 12.7. The number of aryl methyl sites for hydroxylation is 1. The quantitative estimate of drug-likeness (QED) is 0.377. The van der Waals surface area contributed by atoms with Crippen LogP contribution in [0.15, 0.2) is 34.7 Å². The first-order valence-electron chi connectivity index (χ1n) is 9.08. The minimum Gasteiger partial charge on any atom is -0.497 e. The van der Waals surface area contributed by atoms with Crippen LogP contribution in [0.2, 0.25) is 0 Å². The summed E-state index contributed by atoms with van der Waals surface area (Å²) >= 11 is 2.82. The molecule has 0 unspecified atom stereocenters. The van der Waals surface area contributed by atoms with Gasteiger partial charge in [-0.25, -0.2) is 0 Å². The average Bonchev–Trinajstić information content (AvgIpc) is 3.28. The molecular weight excluding hydrogens is 408 g/mol. The molecule has 0 aliphatic carbocycles. The number of carbonyl (C=O) groups excluding carboxylic acids is 1. The maximum Gasteiger partial charge on any atom is 0.210 e. The minimum atomic E-state index is 0.0873. The van der Waals surface area contributed by atoms with E-state index in [0.717, 1.165) is 39.3 Å². The first-order chi connectivity index (χ1) is 14.0. The summed E-state index contributed by atoms with van der Waals surface area (Å²) < 4.78 is 13.2. The number of nitrogens with zero attached hydrogens (tertiary/aromatic N) is 3. The monoisotopic (exact) mass is 432 g/mol. The van der Waals surface area contributed by atoms with Crippen molar-refractivity contribution in [1.29, 1.82) is 0 Å². The Morgan fingerprint density at radius 2 is 2.07 bits per heavy atom. The molecule has 2 heterocycles. The van der Waals surface area contributed by atoms with Crippen molar-refractivity contribution in [2.45, 2.75) is 24.7 Å². The van der Waals surface area contributed by atoms with Crippen LogP contribution < -0.4 is 10.1 Å². The van der Waals surface area contributed by atoms with E-state index < -0.39 is 0 Å². The SMILES string of the molecule is COCCn1c(C)cc(C(=O)CSc2nnc(Nc3cccc(OC)c3)s2)c1C. The van der Waals surface area contributed by atoms with Gasteiger partial charge in [-0.15, -0.1) is 10.2 Å². The van der Waals surface area contributed by atoms with Crippen LogP contribution in [0.25, 0.3) is 0 Å². The predicted octanol–water partition coefficient (Wildman–Crippen LogP) is 4.33. The summed E-state index contributed by atoms with van der Waals surface area (Å²) in [5, 5.41) is 12.2. The highest BCUT2D eigenvalue weighted by atomic mass is 32.2. The second-order valence-electron chi connectivity index (χ2n) is 6.37. The number of rotatable bonds is 10. The number of benzene rings is 1. The van der Waals surface area contributed by atoms with Gasteiger partial charge in [0.2, 0.25) is 5.13 Å². The Morgan fingerprint density at radius 1 is 1.24 bits per heavy atom. The second kappa shape index (κ2) is 9.91. The second-order valence-corrected chi connectivity index (χ2v) is 8.57. The number of thioether (sulfide) groups is 1. The number of hydrogen-bond donors (Lipinski definition) is 1. The number of anilines is 2. The van der Waals surface area contributed by atoms with Gasteiger partial charge in [-0.05, 0) is 32.0 Å². The van der Waals surface area contributed by atoms with E-state index in [0.29, 0.717) is 17.5 Å². The highest BCUT2D eigenvalue weighted by Crippen LogP contribution is 2.29. The van der Waals surface area contributed by atoms with E-state index >= 15 is 0 Å². The van der Waals surface area contributed by atoms with Crippen molar-refractivity contribution in [3.63, 3.8) is 0 Å². The average molecular weight is 433 g/mol. The van der Waals surface area contributed by atoms with Gasteiger partial charge >= 0.3 is 0 Å². The third-order valence-corrected chi connectivity index (χ3v) is 6.42. The van der Waals surface area contributed by atoms with Crippen molar-refractivity contribution in [1.82, 2.24) is 14.8 Å². The Hall–Kier alpha value is -2.36. The van der Waals surface area contributed by atoms with Crippen LogP contribution in [-0.2, 0) is 11.3 Å². The van der Waals surface area contributed by atoms with Gasteiger partial charge in [0.25, 0.3) is 0 Å². The molecule has 0 atom stereocenters. The molecule has 0 bridgehead atoms. The maximum atomic E-state index is 12.7. The van der Waals surface area contributed by atoms with E-state index in [2.05, 4.69) is 20.1 Å². The fourth-order valence-corrected chi connectivity index (χ4v) is 4.61. The van der Waals surface area contributed by atoms with Crippen molar-refractivity contribution >= 4 is 39.7 Å². The summed E-state index contributed by atoms with van der Waals surface area (Å²) in [6.45, 7) is 5.34. The topological polar surface area (TPSA) is 78.3 Å². The molecule has 3 aromatic rings. The third-order valence-electron chi connectivity index (χ3n) is 4.45. The normalized spacial score (nSPS) is 10.9. The molecule has 0 saturated carbocycles. The Balaban J connectivity index is 1.60. The summed E-state index contributed by atoms with van der Waals surface area (Å²) in [4.78, 5) is 12.7. The lowest BCUT2D eigenvalue weighted by Gasteiger charge is -2.08. The van der Waals surface area contributed by atoms with Crippen LogP contribution in [0.1, 0.15) is 21.7 Å². The minimum absolute atomic E-state index is 0.0873. The lowest BCUT2D eigenvalue weighted by atomic mass is 10.2. The van der Waals surface area contributed by atoms with Gasteiger partial charge in [0.1, 0.15) is 5.75 Å². The van der Waals surface area contributed by atoms with Crippen LogP contribution in [0.4, 0.5) is 10.8 Å². The van der Waals surface area contributed by atoms with E-state index in [1.54, 1.807) is 14.2 Å². The molecule has 0 aliphatic rings. The summed E-state index contributed by atoms with van der Waals surface area (Å²) in [5.41, 5.74) is 3.67. The van der Waals surface area contributed by atoms with E-state index in [4.69, 9.17) is 9.47 Å². The number of ketones is 1. The Labute approximate surface area is 178 Å². The van der Waals surface area contributed by atoms with Crippen molar-refractivity contribution < 1.29 is 14.3 Å². The van der Waals surface area contributed by atoms with Crippen LogP contribution >= 0.6 is 23.1 Å². The first-order valence-corrected chi connectivity index (χ1v) is 10.9. The summed E-state index contributed by atoms with van der Waals surface area (Å²) in [6.07, 6.45) is 0. The number of nitrogens with one attached hydrogen (secondary N) is 1. The van der Waals surface area contributed by atoms with Gasteiger partial charge in [-0.1, -0.05) is 29.2 Å². The molecule has 1 aromatic carbocycles. The molecule has 29 heavy (non-hydrogen) atoms. The Morgan fingerprint density at radius 3 is 2.83 bits per heavy atom. The van der Waals surface area contributed by atoms with Crippen molar-refractivity contribution in [2.24, 2.45) is 0 Å². The number of methoxy groups -OCH3 is 2. The molecule has 0 fully saturated rings. The highest BCUT2D eigenvalue weighted by Gasteiger charge is 2.17. The predicted molar refractivity (Wildman–Crippen MR) is 117 cm³/mol. The summed E-state index contributed by atoms with van der Waals surface area (Å²) in [6, 6.07) is 9.55. The zero-order chi connectivity index (χ0) is 20.8. The third kappa shape index (κ3) is 5.37. The zero-order valence-electron chi connectivity index (χ0n) is 16.9. The van der Waals surface area contributed by atoms with Gasteiger partial charge in [0, 0.05) is 42.4 Å². The fraction of sp³-hybridized carbons (Fsp3) is 0.350. The first kappa shape index (κ1) is 21.4. The molecule has 3 rings (SSSR count). The van der Waals surface area contributed by atoms with E-state index in [1.165, 1.54) is 23.1 Å². The number of ether oxygens (including phenoxy) is 2. The van der Waals surface area contributed by atoms with Crippen molar-refractivity contribution in [3.05, 3.63) is 47.3 Å². The Kier molecular flexibility index (Phi) is 7.29. The van der Waals surface area contributed by atoms with E-state index in [-0.39, 0.29) is 5.78 Å². The number of aromatic nitrogens is 3. The fourth-order valence-electron chi connectivity index (χ4n) is 2.96. The summed E-state index contributed by atoms with van der Waals surface area (Å²) in [5.74, 6) is 1.18. The van der Waals surface area contributed by atoms with Crippen LogP contribution in [0.3, 0.4) is 0 Å². The van der Waals surface area contributed by atoms with Crippen molar-refractivity contribution in [3.8, 4) is 5.75 Å². The molecule has 1 N–H and O–H groups in total. The van der Waals surface area contributed by atoms with Crippen molar-refractivity contribution in [2.75, 3.05) is 31.9 Å². The molecular formula is C20H24N4O3S2. The largest absolute Gasteiger partial charge is 0.497 e. The van der Waals surface area contributed by atoms with Gasteiger partial charge in [-0.3, -0.25) is 4.79 Å². The molecule has 0 aliphatic heterocycles. The smallest absolute Gasteiger partial charge is 0.210 e. The molecule has 2 aromatic heterocycles. The van der Waals surface area contributed by atoms with Crippen LogP contribution in [0, 0.1) is 13.8 Å². The molecule has 0 amide bonds.